The number of anilines is 1. The quantitative estimate of drug-likeness (QED) is 0.661. The fourth-order valence-corrected chi connectivity index (χ4v) is 2.33. The Kier molecular flexibility index (Phi) is 8.54. The first-order chi connectivity index (χ1) is 11.5. The predicted octanol–water partition coefficient (Wildman–Crippen LogP) is 2.14. The average molecular weight is 334 g/mol. The number of carboxylic acids is 1. The molecule has 1 atom stereocenters. The van der Waals surface area contributed by atoms with Crippen LogP contribution in [-0.2, 0) is 14.3 Å². The molecule has 0 spiro atoms. The minimum Gasteiger partial charge on any atom is -0.550 e. The van der Waals surface area contributed by atoms with Crippen LogP contribution in [-0.4, -0.2) is 24.5 Å². The summed E-state index contributed by atoms with van der Waals surface area (Å²) in [6, 6.07) is 6.55. The summed E-state index contributed by atoms with van der Waals surface area (Å²) >= 11 is 0. The van der Waals surface area contributed by atoms with Gasteiger partial charge in [-0.25, -0.2) is 4.79 Å². The summed E-state index contributed by atoms with van der Waals surface area (Å²) in [5.41, 5.74) is 0.634. The zero-order valence-corrected chi connectivity index (χ0v) is 14.2. The van der Waals surface area contributed by atoms with Gasteiger partial charge in [-0.15, -0.1) is 0 Å². The van der Waals surface area contributed by atoms with Crippen LogP contribution < -0.4 is 10.4 Å². The van der Waals surface area contributed by atoms with Gasteiger partial charge < -0.3 is 20.0 Å². The third kappa shape index (κ3) is 6.40. The second-order valence-electron chi connectivity index (χ2n) is 5.51. The first kappa shape index (κ1) is 19.7. The molecule has 0 saturated carbocycles. The van der Waals surface area contributed by atoms with E-state index in [0.29, 0.717) is 12.1 Å². The fraction of sp³-hybridized carbons (Fsp3) is 0.500. The zero-order chi connectivity index (χ0) is 17.9. The normalized spacial score (nSPS) is 11.6. The van der Waals surface area contributed by atoms with E-state index >= 15 is 0 Å². The van der Waals surface area contributed by atoms with Gasteiger partial charge in [-0.1, -0.05) is 31.9 Å². The molecule has 132 valence electrons. The van der Waals surface area contributed by atoms with E-state index in [4.69, 9.17) is 4.74 Å². The second-order valence-corrected chi connectivity index (χ2v) is 5.51. The van der Waals surface area contributed by atoms with E-state index in [0.717, 1.165) is 12.8 Å². The molecule has 1 N–H and O–H groups in total. The first-order valence-electron chi connectivity index (χ1n) is 8.26. The number of rotatable bonds is 10. The van der Waals surface area contributed by atoms with E-state index in [1.54, 1.807) is 31.2 Å². The van der Waals surface area contributed by atoms with Gasteiger partial charge in [-0.3, -0.25) is 4.79 Å². The molecule has 1 rings (SSSR count). The van der Waals surface area contributed by atoms with Crippen molar-refractivity contribution in [1.29, 1.82) is 0 Å². The van der Waals surface area contributed by atoms with Crippen LogP contribution in [0.2, 0.25) is 0 Å². The largest absolute Gasteiger partial charge is 0.550 e. The standard InChI is InChI=1S/C18H25NO5/c1-3-5-8-13(17(21)22)11-12-16(20)19-15-10-7-6-9-14(15)18(23)24-4-2/h6-7,9-10,13H,3-5,8,11-12H2,1-2H3,(H,19,20)(H,21,22)/p-1. The number of carboxylic acid groups (broad SMARTS) is 1. The van der Waals surface area contributed by atoms with Crippen LogP contribution in [0.1, 0.15) is 56.3 Å². The molecule has 0 bridgehead atoms. The molecule has 0 heterocycles. The number of para-hydroxylation sites is 1. The number of benzene rings is 1. The number of carbonyl (C=O) groups excluding carboxylic acids is 3. The molecule has 1 aromatic carbocycles. The summed E-state index contributed by atoms with van der Waals surface area (Å²) in [6.07, 6.45) is 2.45. The van der Waals surface area contributed by atoms with Gasteiger partial charge in [-0.2, -0.15) is 0 Å². The summed E-state index contributed by atoms with van der Waals surface area (Å²) in [5.74, 6) is -2.60. The Morgan fingerprint density at radius 2 is 1.88 bits per heavy atom. The molecular weight excluding hydrogens is 310 g/mol. The van der Waals surface area contributed by atoms with E-state index in [-0.39, 0.29) is 30.9 Å². The maximum absolute atomic E-state index is 12.1. The highest BCUT2D eigenvalue weighted by Crippen LogP contribution is 2.18. The highest BCUT2D eigenvalue weighted by atomic mass is 16.5. The SMILES string of the molecule is CCCCC(CCC(=O)Nc1ccccc1C(=O)OCC)C(=O)[O-]. The topological polar surface area (TPSA) is 95.5 Å². The molecule has 6 heteroatoms. The maximum atomic E-state index is 12.1. The van der Waals surface area contributed by atoms with Gasteiger partial charge in [0, 0.05) is 12.4 Å². The van der Waals surface area contributed by atoms with Crippen molar-refractivity contribution >= 4 is 23.5 Å². The van der Waals surface area contributed by atoms with Crippen LogP contribution in [0.15, 0.2) is 24.3 Å². The summed E-state index contributed by atoms with van der Waals surface area (Å²) < 4.78 is 4.95. The van der Waals surface area contributed by atoms with Crippen molar-refractivity contribution in [2.45, 2.75) is 46.0 Å². The van der Waals surface area contributed by atoms with E-state index in [1.807, 2.05) is 6.92 Å². The van der Waals surface area contributed by atoms with Crippen molar-refractivity contribution in [3.8, 4) is 0 Å². The van der Waals surface area contributed by atoms with Crippen LogP contribution in [0.4, 0.5) is 5.69 Å². The summed E-state index contributed by atoms with van der Waals surface area (Å²) in [7, 11) is 0. The van der Waals surface area contributed by atoms with E-state index in [9.17, 15) is 19.5 Å². The molecule has 1 unspecified atom stereocenters. The maximum Gasteiger partial charge on any atom is 0.340 e. The van der Waals surface area contributed by atoms with Crippen molar-refractivity contribution in [3.05, 3.63) is 29.8 Å². The molecule has 1 amide bonds. The van der Waals surface area contributed by atoms with Gasteiger partial charge in [0.2, 0.25) is 5.91 Å². The molecule has 1 aromatic rings. The number of unbranched alkanes of at least 4 members (excludes halogenated alkanes) is 1. The fourth-order valence-electron chi connectivity index (χ4n) is 2.33. The van der Waals surface area contributed by atoms with Gasteiger partial charge in [0.15, 0.2) is 0 Å². The summed E-state index contributed by atoms with van der Waals surface area (Å²) in [6.45, 7) is 3.92. The minimum atomic E-state index is -1.12. The second kappa shape index (κ2) is 10.4. The Morgan fingerprint density at radius 1 is 1.17 bits per heavy atom. The molecule has 0 aromatic heterocycles. The number of aliphatic carboxylic acids is 1. The number of carbonyl (C=O) groups is 3. The predicted molar refractivity (Wildman–Crippen MR) is 88.3 cm³/mol. The van der Waals surface area contributed by atoms with Gasteiger partial charge in [0.1, 0.15) is 0 Å². The van der Waals surface area contributed by atoms with Crippen LogP contribution in [0.5, 0.6) is 0 Å². The number of nitrogens with one attached hydrogen (secondary N) is 1. The highest BCUT2D eigenvalue weighted by molar-refractivity contribution is 6.01. The Labute approximate surface area is 142 Å². The van der Waals surface area contributed by atoms with Gasteiger partial charge in [0.05, 0.1) is 17.9 Å². The third-order valence-corrected chi connectivity index (χ3v) is 3.66. The molecular formula is C18H24NO5-. The Hall–Kier alpha value is -2.37. The monoisotopic (exact) mass is 334 g/mol. The smallest absolute Gasteiger partial charge is 0.340 e. The lowest BCUT2D eigenvalue weighted by atomic mass is 9.97. The third-order valence-electron chi connectivity index (χ3n) is 3.66. The van der Waals surface area contributed by atoms with Crippen molar-refractivity contribution in [3.63, 3.8) is 0 Å². The van der Waals surface area contributed by atoms with Crippen molar-refractivity contribution in [2.24, 2.45) is 5.92 Å². The lowest BCUT2D eigenvalue weighted by Gasteiger charge is -2.17. The minimum absolute atomic E-state index is 0.0551. The molecule has 0 radical (unpaired) electrons. The number of ether oxygens (including phenoxy) is 1. The van der Waals surface area contributed by atoms with E-state index in [1.165, 1.54) is 0 Å². The molecule has 0 aliphatic heterocycles. The van der Waals surface area contributed by atoms with Crippen LogP contribution in [0, 0.1) is 5.92 Å². The van der Waals surface area contributed by atoms with Gasteiger partial charge in [0.25, 0.3) is 0 Å². The molecule has 0 aliphatic carbocycles. The number of amides is 1. The molecule has 0 fully saturated rings. The average Bonchev–Trinajstić information content (AvgIpc) is 2.55. The Bertz CT molecular complexity index is 570. The van der Waals surface area contributed by atoms with Crippen molar-refractivity contribution in [1.82, 2.24) is 0 Å². The first-order valence-corrected chi connectivity index (χ1v) is 8.26. The molecule has 0 aliphatic rings. The van der Waals surface area contributed by atoms with Crippen molar-refractivity contribution < 1.29 is 24.2 Å². The summed E-state index contributed by atoms with van der Waals surface area (Å²) in [4.78, 5) is 35.0. The lowest BCUT2D eigenvalue weighted by Crippen LogP contribution is -2.32. The highest BCUT2D eigenvalue weighted by Gasteiger charge is 2.16. The van der Waals surface area contributed by atoms with Crippen LogP contribution in [0.3, 0.4) is 0 Å². The zero-order valence-electron chi connectivity index (χ0n) is 14.2. The number of esters is 1. The number of hydrogen-bond acceptors (Lipinski definition) is 5. The molecule has 0 saturated heterocycles. The Morgan fingerprint density at radius 3 is 2.50 bits per heavy atom. The van der Waals surface area contributed by atoms with Crippen LogP contribution >= 0.6 is 0 Å². The van der Waals surface area contributed by atoms with Gasteiger partial charge >= 0.3 is 5.97 Å². The van der Waals surface area contributed by atoms with E-state index < -0.39 is 17.9 Å². The molecule has 24 heavy (non-hydrogen) atoms. The Balaban J connectivity index is 2.65. The van der Waals surface area contributed by atoms with Crippen LogP contribution in [0.25, 0.3) is 0 Å². The summed E-state index contributed by atoms with van der Waals surface area (Å²) in [5, 5.41) is 13.7. The van der Waals surface area contributed by atoms with Crippen molar-refractivity contribution in [2.75, 3.05) is 11.9 Å². The van der Waals surface area contributed by atoms with Gasteiger partial charge in [-0.05, 0) is 37.8 Å². The lowest BCUT2D eigenvalue weighted by molar-refractivity contribution is -0.312. The molecule has 6 nitrogen and oxygen atoms in total. The van der Waals surface area contributed by atoms with E-state index in [2.05, 4.69) is 5.32 Å². The number of hydrogen-bond donors (Lipinski definition) is 1.